The first-order valence-electron chi connectivity index (χ1n) is 1.84. The molecule has 6 heavy (non-hydrogen) atoms. The lowest BCUT2D eigenvalue weighted by atomic mass is 10.4. The fraction of sp³-hybridized carbons (Fsp3) is 0.750. The van der Waals surface area contributed by atoms with Crippen LogP contribution in [0.3, 0.4) is 0 Å². The van der Waals surface area contributed by atoms with Crippen LogP contribution in [0.2, 0.25) is 0 Å². The van der Waals surface area contributed by atoms with Gasteiger partial charge in [0.25, 0.3) is 0 Å². The van der Waals surface area contributed by atoms with Crippen molar-refractivity contribution in [3.8, 4) is 0 Å². The van der Waals surface area contributed by atoms with Crippen LogP contribution in [0.1, 0.15) is 12.8 Å². The van der Waals surface area contributed by atoms with Gasteiger partial charge in [-0.2, -0.15) is 0 Å². The maximum Gasteiger partial charge on any atom is 0.0626 e. The van der Waals surface area contributed by atoms with Crippen molar-refractivity contribution in [1.29, 1.82) is 0 Å². The third-order valence-electron chi connectivity index (χ3n) is 0.422. The minimum absolute atomic E-state index is 0.776. The summed E-state index contributed by atoms with van der Waals surface area (Å²) in [6.07, 6.45) is 2.30. The second-order valence-electron chi connectivity index (χ2n) is 1.03. The molecule has 0 aromatic carbocycles. The average molecular weight is 309 g/mol. The van der Waals surface area contributed by atoms with Crippen LogP contribution in [-0.4, -0.2) is 1.93 Å². The van der Waals surface area contributed by atoms with Crippen LogP contribution in [0.25, 0.3) is 0 Å². The summed E-state index contributed by atoms with van der Waals surface area (Å²) in [5, 5.41) is 0. The highest BCUT2D eigenvalue weighted by molar-refractivity contribution is 14.2. The van der Waals surface area contributed by atoms with E-state index in [0.29, 0.717) is 0 Å². The summed E-state index contributed by atoms with van der Waals surface area (Å²) in [5.74, 6) is 0. The molecule has 0 aromatic rings. The molecule has 2 heteroatoms. The van der Waals surface area contributed by atoms with Crippen molar-refractivity contribution < 1.29 is 0 Å². The van der Waals surface area contributed by atoms with E-state index < -0.39 is 0 Å². The van der Waals surface area contributed by atoms with Crippen molar-refractivity contribution in [2.75, 3.05) is 0 Å². The minimum atomic E-state index is 0.776. The second-order valence-corrected chi connectivity index (χ2v) is 6.42. The molecule has 0 saturated carbocycles. The van der Waals surface area contributed by atoms with Crippen LogP contribution in [-0.2, 0) is 0 Å². The van der Waals surface area contributed by atoms with Crippen LogP contribution in [0.15, 0.2) is 0 Å². The first-order valence-corrected chi connectivity index (χ1v) is 4.34. The van der Waals surface area contributed by atoms with E-state index in [-0.39, 0.29) is 0 Å². The largest absolute Gasteiger partial charge is 0.0710 e. The van der Waals surface area contributed by atoms with Gasteiger partial charge >= 0.3 is 0 Å². The Labute approximate surface area is 66.4 Å². The Hall–Kier alpha value is 1.46. The molecule has 0 aliphatic rings. The maximum atomic E-state index is 3.72. The van der Waals surface area contributed by atoms with Crippen molar-refractivity contribution in [2.24, 2.45) is 0 Å². The Morgan fingerprint density at radius 3 is 2.00 bits per heavy atom. The molecular formula is C4H7I2. The molecule has 0 nitrogen and oxygen atoms in total. The highest BCUT2D eigenvalue weighted by atomic mass is 127. The SMILES string of the molecule is [CH2]CCC(I)I. The predicted molar refractivity (Wildman–Crippen MR) is 46.4 cm³/mol. The summed E-state index contributed by atoms with van der Waals surface area (Å²) in [4.78, 5) is 0. The zero-order valence-corrected chi connectivity index (χ0v) is 7.77. The lowest BCUT2D eigenvalue weighted by Crippen LogP contribution is -1.78. The highest BCUT2D eigenvalue weighted by Crippen LogP contribution is 2.14. The molecule has 1 radical (unpaired) electrons. The van der Waals surface area contributed by atoms with Crippen LogP contribution < -0.4 is 0 Å². The van der Waals surface area contributed by atoms with E-state index in [4.69, 9.17) is 0 Å². The molecule has 0 aliphatic heterocycles. The lowest BCUT2D eigenvalue weighted by molar-refractivity contribution is 0.969. The predicted octanol–water partition coefficient (Wildman–Crippen LogP) is 2.80. The molecule has 0 rings (SSSR count). The Morgan fingerprint density at radius 1 is 1.50 bits per heavy atom. The van der Waals surface area contributed by atoms with Gasteiger partial charge in [-0.15, -0.1) is 0 Å². The molecule has 0 unspecified atom stereocenters. The molecule has 0 atom stereocenters. The third kappa shape index (κ3) is 5.46. The van der Waals surface area contributed by atoms with Gasteiger partial charge in [0.05, 0.1) is 1.93 Å². The Balaban J connectivity index is 2.63. The molecule has 0 bridgehead atoms. The minimum Gasteiger partial charge on any atom is -0.0710 e. The number of alkyl halides is 2. The van der Waals surface area contributed by atoms with Gasteiger partial charge in [-0.05, 0) is 6.42 Å². The summed E-state index contributed by atoms with van der Waals surface area (Å²) in [7, 11) is 0. The smallest absolute Gasteiger partial charge is 0.0626 e. The van der Waals surface area contributed by atoms with Crippen molar-refractivity contribution in [3.05, 3.63) is 6.92 Å². The van der Waals surface area contributed by atoms with Crippen molar-refractivity contribution in [1.82, 2.24) is 0 Å². The van der Waals surface area contributed by atoms with Crippen molar-refractivity contribution in [3.63, 3.8) is 0 Å². The van der Waals surface area contributed by atoms with Crippen LogP contribution in [0.4, 0.5) is 0 Å². The molecular weight excluding hydrogens is 302 g/mol. The first-order chi connectivity index (χ1) is 2.77. The monoisotopic (exact) mass is 309 g/mol. The highest BCUT2D eigenvalue weighted by Gasteiger charge is 1.90. The molecule has 0 fully saturated rings. The summed E-state index contributed by atoms with van der Waals surface area (Å²) in [5.41, 5.74) is 0. The van der Waals surface area contributed by atoms with Gasteiger partial charge in [0.15, 0.2) is 0 Å². The maximum absolute atomic E-state index is 3.72. The lowest BCUT2D eigenvalue weighted by Gasteiger charge is -1.91. The van der Waals surface area contributed by atoms with E-state index in [1.165, 1.54) is 6.42 Å². The Morgan fingerprint density at radius 2 is 2.00 bits per heavy atom. The van der Waals surface area contributed by atoms with Gasteiger partial charge in [-0.1, -0.05) is 58.5 Å². The van der Waals surface area contributed by atoms with Gasteiger partial charge in [0, 0.05) is 0 Å². The molecule has 0 amide bonds. The molecule has 0 saturated heterocycles. The molecule has 0 aromatic heterocycles. The van der Waals surface area contributed by atoms with Crippen molar-refractivity contribution >= 4 is 45.2 Å². The van der Waals surface area contributed by atoms with E-state index >= 15 is 0 Å². The third-order valence-corrected chi connectivity index (χ3v) is 1.67. The number of hydrogen-bond donors (Lipinski definition) is 0. The zero-order chi connectivity index (χ0) is 4.99. The number of rotatable bonds is 2. The Bertz CT molecular complexity index is 26.7. The van der Waals surface area contributed by atoms with E-state index in [9.17, 15) is 0 Å². The van der Waals surface area contributed by atoms with Gasteiger partial charge in [0.2, 0.25) is 0 Å². The van der Waals surface area contributed by atoms with Crippen LogP contribution in [0, 0.1) is 6.92 Å². The van der Waals surface area contributed by atoms with Gasteiger partial charge in [0.1, 0.15) is 0 Å². The van der Waals surface area contributed by atoms with E-state index in [0.717, 1.165) is 8.35 Å². The van der Waals surface area contributed by atoms with Crippen molar-refractivity contribution in [2.45, 2.75) is 14.8 Å². The molecule has 0 heterocycles. The summed E-state index contributed by atoms with van der Waals surface area (Å²) < 4.78 is 0.776. The summed E-state index contributed by atoms with van der Waals surface area (Å²) in [6.45, 7) is 3.72. The fourth-order valence-corrected chi connectivity index (χ4v) is 1.04. The zero-order valence-electron chi connectivity index (χ0n) is 3.45. The molecule has 0 aliphatic carbocycles. The van der Waals surface area contributed by atoms with Crippen LogP contribution in [0.5, 0.6) is 0 Å². The van der Waals surface area contributed by atoms with Gasteiger partial charge in [-0.3, -0.25) is 0 Å². The topological polar surface area (TPSA) is 0 Å². The quantitative estimate of drug-likeness (QED) is 0.543. The second kappa shape index (κ2) is 4.61. The average Bonchev–Trinajstić information content (AvgIpc) is 1.35. The number of hydrogen-bond acceptors (Lipinski definition) is 0. The van der Waals surface area contributed by atoms with E-state index in [2.05, 4.69) is 52.1 Å². The first kappa shape index (κ1) is 7.46. The van der Waals surface area contributed by atoms with Crippen LogP contribution >= 0.6 is 45.2 Å². The Kier molecular flexibility index (Phi) is 5.74. The van der Waals surface area contributed by atoms with Gasteiger partial charge < -0.3 is 0 Å². The van der Waals surface area contributed by atoms with Gasteiger partial charge in [-0.25, -0.2) is 0 Å². The standard InChI is InChI=1S/C4H7I2/c1-2-3-4(5)6/h4H,1-3H2. The summed E-state index contributed by atoms with van der Waals surface area (Å²) in [6, 6.07) is 0. The molecule has 0 spiro atoms. The van der Waals surface area contributed by atoms with E-state index in [1.54, 1.807) is 0 Å². The molecule has 37 valence electrons. The van der Waals surface area contributed by atoms with E-state index in [1.807, 2.05) is 0 Å². The molecule has 0 N–H and O–H groups in total. The fourth-order valence-electron chi connectivity index (χ4n) is 0.154. The normalized spacial score (nSPS) is 10.0. The number of halogens is 2. The summed E-state index contributed by atoms with van der Waals surface area (Å²) >= 11 is 4.78.